The van der Waals surface area contributed by atoms with Crippen molar-refractivity contribution in [2.24, 2.45) is 0 Å². The molecule has 0 aromatic heterocycles. The third-order valence-corrected chi connectivity index (χ3v) is 2.78. The van der Waals surface area contributed by atoms with Crippen molar-refractivity contribution in [2.45, 2.75) is 25.9 Å². The summed E-state index contributed by atoms with van der Waals surface area (Å²) in [7, 11) is 0. The molecule has 0 bridgehead atoms. The van der Waals surface area contributed by atoms with Gasteiger partial charge in [0.05, 0.1) is 6.10 Å². The molecule has 0 spiro atoms. The second-order valence-electron chi connectivity index (χ2n) is 3.61. The summed E-state index contributed by atoms with van der Waals surface area (Å²) in [5, 5.41) is 0. The maximum atomic E-state index is 5.60. The summed E-state index contributed by atoms with van der Waals surface area (Å²) in [6.07, 6.45) is 7.18. The molecule has 1 fully saturated rings. The zero-order chi connectivity index (χ0) is 10.2. The van der Waals surface area contributed by atoms with Gasteiger partial charge in [-0.15, -0.1) is 0 Å². The first-order valence-corrected chi connectivity index (χ1v) is 6.10. The number of piperidine rings is 1. The zero-order valence-electron chi connectivity index (χ0n) is 8.98. The van der Waals surface area contributed by atoms with E-state index < -0.39 is 0 Å². The fraction of sp³-hybridized carbons (Fsp3) is 0.818. The Balaban J connectivity index is 2.12. The van der Waals surface area contributed by atoms with Crippen molar-refractivity contribution in [2.75, 3.05) is 32.0 Å². The van der Waals surface area contributed by atoms with E-state index in [9.17, 15) is 0 Å². The molecular formula is C11H21NOS. The Morgan fingerprint density at radius 1 is 1.36 bits per heavy atom. The molecule has 82 valence electrons. The molecule has 0 radical (unpaired) electrons. The highest BCUT2D eigenvalue weighted by Crippen LogP contribution is 2.13. The maximum absolute atomic E-state index is 5.60. The van der Waals surface area contributed by atoms with E-state index in [2.05, 4.69) is 36.6 Å². The summed E-state index contributed by atoms with van der Waals surface area (Å²) in [5.74, 6) is 0.843. The smallest absolute Gasteiger partial charge is 0.0599 e. The molecule has 0 atom stereocenters. The normalized spacial score (nSPS) is 20.7. The van der Waals surface area contributed by atoms with E-state index in [1.165, 1.54) is 25.9 Å². The lowest BCUT2D eigenvalue weighted by Gasteiger charge is -2.30. The lowest BCUT2D eigenvalue weighted by atomic mass is 10.1. The van der Waals surface area contributed by atoms with Gasteiger partial charge in [0.15, 0.2) is 0 Å². The highest BCUT2D eigenvalue weighted by atomic mass is 32.1. The van der Waals surface area contributed by atoms with Crippen LogP contribution in [0.5, 0.6) is 0 Å². The van der Waals surface area contributed by atoms with Gasteiger partial charge in [-0.25, -0.2) is 0 Å². The van der Waals surface area contributed by atoms with Gasteiger partial charge in [0.2, 0.25) is 0 Å². The summed E-state index contributed by atoms with van der Waals surface area (Å²) in [6, 6.07) is 0. The molecule has 2 nitrogen and oxygen atoms in total. The van der Waals surface area contributed by atoms with Crippen LogP contribution in [0, 0.1) is 0 Å². The van der Waals surface area contributed by atoms with Crippen molar-refractivity contribution in [3.05, 3.63) is 12.2 Å². The highest BCUT2D eigenvalue weighted by molar-refractivity contribution is 7.80. The van der Waals surface area contributed by atoms with Gasteiger partial charge < -0.3 is 4.74 Å². The fourth-order valence-corrected chi connectivity index (χ4v) is 1.94. The van der Waals surface area contributed by atoms with E-state index in [0.29, 0.717) is 6.10 Å². The Kier molecular flexibility index (Phi) is 6.32. The number of nitrogens with zero attached hydrogens (tertiary/aromatic N) is 1. The molecule has 0 aromatic rings. The van der Waals surface area contributed by atoms with Crippen molar-refractivity contribution in [1.29, 1.82) is 0 Å². The lowest BCUT2D eigenvalue weighted by Crippen LogP contribution is -2.37. The van der Waals surface area contributed by atoms with Crippen LogP contribution < -0.4 is 0 Å². The van der Waals surface area contributed by atoms with E-state index in [4.69, 9.17) is 4.74 Å². The second kappa shape index (κ2) is 7.32. The van der Waals surface area contributed by atoms with E-state index in [0.717, 1.165) is 18.9 Å². The average Bonchev–Trinajstić information content (AvgIpc) is 2.21. The van der Waals surface area contributed by atoms with Crippen LogP contribution in [0.15, 0.2) is 12.2 Å². The number of rotatable bonds is 5. The van der Waals surface area contributed by atoms with E-state index >= 15 is 0 Å². The Bertz CT molecular complexity index is 165. The van der Waals surface area contributed by atoms with Crippen LogP contribution in [-0.4, -0.2) is 43.0 Å². The van der Waals surface area contributed by atoms with Crippen LogP contribution in [0.3, 0.4) is 0 Å². The van der Waals surface area contributed by atoms with Gasteiger partial charge in [0, 0.05) is 32.0 Å². The van der Waals surface area contributed by atoms with Gasteiger partial charge >= 0.3 is 0 Å². The van der Waals surface area contributed by atoms with Gasteiger partial charge in [-0.2, -0.15) is 12.6 Å². The SMILES string of the molecule is CCOC1CCN(CC=CCS)CC1. The van der Waals surface area contributed by atoms with Crippen molar-refractivity contribution >= 4 is 12.6 Å². The minimum absolute atomic E-state index is 0.505. The molecule has 0 amide bonds. The van der Waals surface area contributed by atoms with Crippen LogP contribution in [0.1, 0.15) is 19.8 Å². The van der Waals surface area contributed by atoms with Gasteiger partial charge in [0.1, 0.15) is 0 Å². The van der Waals surface area contributed by atoms with Crippen LogP contribution in [0.25, 0.3) is 0 Å². The quantitative estimate of drug-likeness (QED) is 0.556. The predicted molar refractivity (Wildman–Crippen MR) is 64.1 cm³/mol. The highest BCUT2D eigenvalue weighted by Gasteiger charge is 2.17. The van der Waals surface area contributed by atoms with Crippen molar-refractivity contribution < 1.29 is 4.74 Å². The Morgan fingerprint density at radius 3 is 2.64 bits per heavy atom. The van der Waals surface area contributed by atoms with Gasteiger partial charge in [-0.05, 0) is 19.8 Å². The summed E-state index contributed by atoms with van der Waals surface area (Å²) in [4.78, 5) is 2.47. The third-order valence-electron chi connectivity index (χ3n) is 2.57. The molecule has 0 unspecified atom stereocenters. The first-order chi connectivity index (χ1) is 6.86. The van der Waals surface area contributed by atoms with Crippen molar-refractivity contribution in [3.8, 4) is 0 Å². The largest absolute Gasteiger partial charge is 0.378 e. The monoisotopic (exact) mass is 215 g/mol. The summed E-state index contributed by atoms with van der Waals surface area (Å²) in [5.41, 5.74) is 0. The molecule has 0 aromatic carbocycles. The van der Waals surface area contributed by atoms with E-state index in [1.807, 2.05) is 0 Å². The molecule has 1 heterocycles. The maximum Gasteiger partial charge on any atom is 0.0599 e. The standard InChI is InChI=1S/C11H21NOS/c1-2-13-11-5-8-12(9-6-11)7-3-4-10-14/h3-4,11,14H,2,5-10H2,1H3. The fourth-order valence-electron chi connectivity index (χ4n) is 1.79. The number of hydrogen-bond acceptors (Lipinski definition) is 3. The predicted octanol–water partition coefficient (Wildman–Crippen LogP) is 1.97. The first kappa shape index (κ1) is 12.1. The molecule has 0 aliphatic carbocycles. The van der Waals surface area contributed by atoms with Crippen LogP contribution in [-0.2, 0) is 4.74 Å². The zero-order valence-corrected chi connectivity index (χ0v) is 9.88. The number of ether oxygens (including phenoxy) is 1. The van der Waals surface area contributed by atoms with E-state index in [1.54, 1.807) is 0 Å². The minimum Gasteiger partial charge on any atom is -0.378 e. The Morgan fingerprint density at radius 2 is 2.07 bits per heavy atom. The Hall–Kier alpha value is 0.01000. The van der Waals surface area contributed by atoms with Gasteiger partial charge in [0.25, 0.3) is 0 Å². The van der Waals surface area contributed by atoms with Crippen LogP contribution in [0.2, 0.25) is 0 Å². The van der Waals surface area contributed by atoms with Crippen molar-refractivity contribution in [1.82, 2.24) is 4.90 Å². The van der Waals surface area contributed by atoms with Gasteiger partial charge in [-0.3, -0.25) is 4.90 Å². The topological polar surface area (TPSA) is 12.5 Å². The number of thiol groups is 1. The molecule has 1 saturated heterocycles. The molecule has 3 heteroatoms. The van der Waals surface area contributed by atoms with Crippen LogP contribution in [0.4, 0.5) is 0 Å². The summed E-state index contributed by atoms with van der Waals surface area (Å²) >= 11 is 4.14. The molecular weight excluding hydrogens is 194 g/mol. The minimum atomic E-state index is 0.505. The lowest BCUT2D eigenvalue weighted by molar-refractivity contribution is 0.0167. The molecule has 1 rings (SSSR count). The third kappa shape index (κ3) is 4.49. The van der Waals surface area contributed by atoms with E-state index in [-0.39, 0.29) is 0 Å². The number of hydrogen-bond donors (Lipinski definition) is 1. The first-order valence-electron chi connectivity index (χ1n) is 5.46. The second-order valence-corrected chi connectivity index (χ2v) is 3.97. The average molecular weight is 215 g/mol. The molecule has 0 saturated carbocycles. The molecule has 1 aliphatic heterocycles. The van der Waals surface area contributed by atoms with Gasteiger partial charge in [-0.1, -0.05) is 12.2 Å². The summed E-state index contributed by atoms with van der Waals surface area (Å²) < 4.78 is 5.60. The molecule has 14 heavy (non-hydrogen) atoms. The van der Waals surface area contributed by atoms with Crippen molar-refractivity contribution in [3.63, 3.8) is 0 Å². The molecule has 1 aliphatic rings. The number of likely N-dealkylation sites (tertiary alicyclic amines) is 1. The Labute approximate surface area is 92.7 Å². The van der Waals surface area contributed by atoms with Crippen LogP contribution >= 0.6 is 12.6 Å². The molecule has 0 N–H and O–H groups in total. The summed E-state index contributed by atoms with van der Waals surface area (Å²) in [6.45, 7) is 6.33.